The summed E-state index contributed by atoms with van der Waals surface area (Å²) in [6.07, 6.45) is 0. The molecule has 0 radical (unpaired) electrons. The number of nitro groups is 1. The molecule has 0 N–H and O–H groups in total. The van der Waals surface area contributed by atoms with Crippen LogP contribution in [0, 0.1) is 17.0 Å². The van der Waals surface area contributed by atoms with Gasteiger partial charge in [-0.2, -0.15) is 0 Å². The van der Waals surface area contributed by atoms with E-state index in [4.69, 9.17) is 14.2 Å². The second kappa shape index (κ2) is 7.45. The standard InChI is InChI=1S/C17H17NO6/c1-11-4-7-14(18(20)21)17(8-11)24-10-15(19)13-6-5-12(22-2)9-16(13)23-3/h4-9H,10H2,1-3H3. The Hall–Kier alpha value is -3.09. The Labute approximate surface area is 138 Å². The number of methoxy groups -OCH3 is 2. The number of aryl methyl sites for hydroxylation is 1. The number of nitrogens with zero attached hydrogens (tertiary/aromatic N) is 1. The summed E-state index contributed by atoms with van der Waals surface area (Å²) in [5, 5.41) is 11.0. The summed E-state index contributed by atoms with van der Waals surface area (Å²) < 4.78 is 15.6. The summed E-state index contributed by atoms with van der Waals surface area (Å²) in [5.41, 5.74) is 0.925. The normalized spacial score (nSPS) is 10.1. The van der Waals surface area contributed by atoms with Gasteiger partial charge < -0.3 is 14.2 Å². The first-order valence-electron chi connectivity index (χ1n) is 7.09. The molecule has 0 aromatic heterocycles. The van der Waals surface area contributed by atoms with E-state index in [1.165, 1.54) is 26.4 Å². The second-order valence-electron chi connectivity index (χ2n) is 5.01. The van der Waals surface area contributed by atoms with Gasteiger partial charge >= 0.3 is 5.69 Å². The third-order valence-electron chi connectivity index (χ3n) is 3.38. The molecule has 2 aromatic rings. The van der Waals surface area contributed by atoms with E-state index in [-0.39, 0.29) is 23.8 Å². The Bertz CT molecular complexity index is 772. The highest BCUT2D eigenvalue weighted by atomic mass is 16.6. The van der Waals surface area contributed by atoms with Crippen LogP contribution in [0.1, 0.15) is 15.9 Å². The number of hydrogen-bond acceptors (Lipinski definition) is 6. The van der Waals surface area contributed by atoms with Crippen LogP contribution in [0.2, 0.25) is 0 Å². The van der Waals surface area contributed by atoms with Crippen LogP contribution in [0.3, 0.4) is 0 Å². The molecule has 126 valence electrons. The van der Waals surface area contributed by atoms with E-state index in [0.29, 0.717) is 17.1 Å². The van der Waals surface area contributed by atoms with Crippen LogP contribution in [0.15, 0.2) is 36.4 Å². The summed E-state index contributed by atoms with van der Waals surface area (Å²) >= 11 is 0. The first-order valence-corrected chi connectivity index (χ1v) is 7.09. The molecule has 0 unspecified atom stereocenters. The van der Waals surface area contributed by atoms with Crippen LogP contribution in [-0.4, -0.2) is 31.5 Å². The zero-order chi connectivity index (χ0) is 17.7. The molecule has 0 amide bonds. The van der Waals surface area contributed by atoms with Gasteiger partial charge in [-0.15, -0.1) is 0 Å². The van der Waals surface area contributed by atoms with Crippen LogP contribution in [0.4, 0.5) is 5.69 Å². The number of nitro benzene ring substituents is 1. The van der Waals surface area contributed by atoms with Gasteiger partial charge in [0.05, 0.1) is 24.7 Å². The van der Waals surface area contributed by atoms with Gasteiger partial charge in [-0.25, -0.2) is 0 Å². The van der Waals surface area contributed by atoms with Crippen molar-refractivity contribution in [2.45, 2.75) is 6.92 Å². The van der Waals surface area contributed by atoms with Gasteiger partial charge in [-0.3, -0.25) is 14.9 Å². The lowest BCUT2D eigenvalue weighted by Gasteiger charge is -2.11. The maximum absolute atomic E-state index is 12.3. The van der Waals surface area contributed by atoms with E-state index in [1.54, 1.807) is 31.2 Å². The number of rotatable bonds is 7. The van der Waals surface area contributed by atoms with Crippen molar-refractivity contribution in [1.29, 1.82) is 0 Å². The molecule has 0 aliphatic carbocycles. The molecule has 0 spiro atoms. The molecular weight excluding hydrogens is 314 g/mol. The predicted octanol–water partition coefficient (Wildman–Crippen LogP) is 3.18. The molecular formula is C17H17NO6. The summed E-state index contributed by atoms with van der Waals surface area (Å²) in [4.78, 5) is 22.8. The molecule has 7 heteroatoms. The number of hydrogen-bond donors (Lipinski definition) is 0. The zero-order valence-corrected chi connectivity index (χ0v) is 13.6. The van der Waals surface area contributed by atoms with E-state index >= 15 is 0 Å². The number of carbonyl (C=O) groups is 1. The third-order valence-corrected chi connectivity index (χ3v) is 3.38. The Balaban J connectivity index is 2.20. The third kappa shape index (κ3) is 3.81. The van der Waals surface area contributed by atoms with Crippen molar-refractivity contribution in [2.24, 2.45) is 0 Å². The van der Waals surface area contributed by atoms with E-state index < -0.39 is 4.92 Å². The summed E-state index contributed by atoms with van der Waals surface area (Å²) in [6, 6.07) is 9.26. The van der Waals surface area contributed by atoms with Crippen LogP contribution in [0.5, 0.6) is 17.2 Å². The van der Waals surface area contributed by atoms with E-state index in [0.717, 1.165) is 5.56 Å². The molecule has 7 nitrogen and oxygen atoms in total. The molecule has 2 rings (SSSR count). The monoisotopic (exact) mass is 331 g/mol. The molecule has 0 saturated carbocycles. The SMILES string of the molecule is COc1ccc(C(=O)COc2cc(C)ccc2[N+](=O)[O-])c(OC)c1. The van der Waals surface area contributed by atoms with Crippen molar-refractivity contribution in [2.75, 3.05) is 20.8 Å². The topological polar surface area (TPSA) is 87.9 Å². The van der Waals surface area contributed by atoms with Crippen LogP contribution in [-0.2, 0) is 0 Å². The summed E-state index contributed by atoms with van der Waals surface area (Å²) in [6.45, 7) is 1.44. The molecule has 0 aliphatic heterocycles. The largest absolute Gasteiger partial charge is 0.497 e. The number of Topliss-reactive ketones (excluding diaryl/α,β-unsaturated/α-hetero) is 1. The molecule has 0 bridgehead atoms. The first-order chi connectivity index (χ1) is 11.5. The van der Waals surface area contributed by atoms with Crippen LogP contribution < -0.4 is 14.2 Å². The zero-order valence-electron chi connectivity index (χ0n) is 13.6. The quantitative estimate of drug-likeness (QED) is 0.440. The lowest BCUT2D eigenvalue weighted by Crippen LogP contribution is -2.13. The number of ketones is 1. The average Bonchev–Trinajstić information content (AvgIpc) is 2.58. The van der Waals surface area contributed by atoms with Gasteiger partial charge in [-0.05, 0) is 30.7 Å². The molecule has 24 heavy (non-hydrogen) atoms. The molecule has 0 aliphatic rings. The molecule has 0 saturated heterocycles. The minimum absolute atomic E-state index is 0.0563. The minimum Gasteiger partial charge on any atom is -0.497 e. The molecule has 0 fully saturated rings. The smallest absolute Gasteiger partial charge is 0.310 e. The second-order valence-corrected chi connectivity index (χ2v) is 5.01. The molecule has 0 heterocycles. The van der Waals surface area contributed by atoms with Crippen LogP contribution >= 0.6 is 0 Å². The fraction of sp³-hybridized carbons (Fsp3) is 0.235. The van der Waals surface area contributed by atoms with Gasteiger partial charge in [0.25, 0.3) is 0 Å². The fourth-order valence-corrected chi connectivity index (χ4v) is 2.14. The summed E-state index contributed by atoms with van der Waals surface area (Å²) in [5.74, 6) is 0.603. The number of benzene rings is 2. The lowest BCUT2D eigenvalue weighted by atomic mass is 10.1. The van der Waals surface area contributed by atoms with E-state index in [2.05, 4.69) is 0 Å². The van der Waals surface area contributed by atoms with Crippen molar-refractivity contribution in [1.82, 2.24) is 0 Å². The summed E-state index contributed by atoms with van der Waals surface area (Å²) in [7, 11) is 2.95. The van der Waals surface area contributed by atoms with Crippen molar-refractivity contribution in [3.05, 3.63) is 57.6 Å². The van der Waals surface area contributed by atoms with Crippen molar-refractivity contribution < 1.29 is 23.9 Å². The van der Waals surface area contributed by atoms with Gasteiger partial charge in [0.15, 0.2) is 12.4 Å². The molecule has 2 aromatic carbocycles. The predicted molar refractivity (Wildman–Crippen MR) is 87.2 cm³/mol. The highest BCUT2D eigenvalue weighted by molar-refractivity contribution is 6.00. The Morgan fingerprint density at radius 2 is 1.83 bits per heavy atom. The van der Waals surface area contributed by atoms with Crippen molar-refractivity contribution in [3.8, 4) is 17.2 Å². The van der Waals surface area contributed by atoms with Crippen LogP contribution in [0.25, 0.3) is 0 Å². The van der Waals surface area contributed by atoms with E-state index in [9.17, 15) is 14.9 Å². The maximum Gasteiger partial charge on any atom is 0.310 e. The first kappa shape index (κ1) is 17.3. The van der Waals surface area contributed by atoms with Crippen molar-refractivity contribution >= 4 is 11.5 Å². The maximum atomic E-state index is 12.3. The average molecular weight is 331 g/mol. The number of carbonyl (C=O) groups excluding carboxylic acids is 1. The lowest BCUT2D eigenvalue weighted by molar-refractivity contribution is -0.385. The van der Waals surface area contributed by atoms with Gasteiger partial charge in [0.2, 0.25) is 5.78 Å². The fourth-order valence-electron chi connectivity index (χ4n) is 2.14. The number of ether oxygens (including phenoxy) is 3. The minimum atomic E-state index is -0.548. The highest BCUT2D eigenvalue weighted by Crippen LogP contribution is 2.29. The van der Waals surface area contributed by atoms with Gasteiger partial charge in [0.1, 0.15) is 11.5 Å². The highest BCUT2D eigenvalue weighted by Gasteiger charge is 2.18. The van der Waals surface area contributed by atoms with Gasteiger partial charge in [-0.1, -0.05) is 6.07 Å². The van der Waals surface area contributed by atoms with E-state index in [1.807, 2.05) is 0 Å². The van der Waals surface area contributed by atoms with Crippen molar-refractivity contribution in [3.63, 3.8) is 0 Å². The molecule has 0 atom stereocenters. The Morgan fingerprint density at radius 1 is 1.08 bits per heavy atom. The Kier molecular flexibility index (Phi) is 5.36. The Morgan fingerprint density at radius 3 is 2.46 bits per heavy atom. The van der Waals surface area contributed by atoms with Gasteiger partial charge in [0, 0.05) is 12.1 Å².